The third-order valence-electron chi connectivity index (χ3n) is 4.98. The normalized spacial score (nSPS) is 15.6. The average molecular weight is 387 g/mol. The van der Waals surface area contributed by atoms with Gasteiger partial charge in [-0.25, -0.2) is 0 Å². The van der Waals surface area contributed by atoms with Gasteiger partial charge in [-0.2, -0.15) is 0 Å². The van der Waals surface area contributed by atoms with Crippen LogP contribution in [0.4, 0.5) is 5.69 Å². The predicted molar refractivity (Wildman–Crippen MR) is 115 cm³/mol. The van der Waals surface area contributed by atoms with Gasteiger partial charge in [-0.05, 0) is 69.0 Å². The molecule has 1 fully saturated rings. The van der Waals surface area contributed by atoms with Crippen LogP contribution in [0.15, 0.2) is 47.1 Å². The van der Waals surface area contributed by atoms with E-state index in [4.69, 9.17) is 16.6 Å². The first kappa shape index (κ1) is 19.9. The van der Waals surface area contributed by atoms with Crippen molar-refractivity contribution in [2.45, 2.75) is 19.9 Å². The Morgan fingerprint density at radius 2 is 2.00 bits per heavy atom. The van der Waals surface area contributed by atoms with Crippen molar-refractivity contribution in [3.8, 4) is 0 Å². The maximum atomic E-state index is 5.71. The topological polar surface area (TPSA) is 34.9 Å². The Bertz CT molecular complexity index is 711. The Morgan fingerprint density at radius 3 is 2.70 bits per heavy atom. The molecular formula is C21H30N4OS. The largest absolute Gasteiger partial charge is 0.467 e. The minimum Gasteiger partial charge on any atom is -0.467 e. The highest BCUT2D eigenvalue weighted by Crippen LogP contribution is 2.13. The van der Waals surface area contributed by atoms with Crippen LogP contribution in [0.5, 0.6) is 0 Å². The van der Waals surface area contributed by atoms with Crippen molar-refractivity contribution in [3.05, 3.63) is 54.0 Å². The molecule has 1 aliphatic rings. The minimum atomic E-state index is 0.688. The average Bonchev–Trinajstić information content (AvgIpc) is 3.15. The van der Waals surface area contributed by atoms with Gasteiger partial charge in [0.2, 0.25) is 0 Å². The fourth-order valence-corrected chi connectivity index (χ4v) is 3.60. The van der Waals surface area contributed by atoms with Gasteiger partial charge in [0.05, 0.1) is 12.8 Å². The molecule has 0 amide bonds. The first-order chi connectivity index (χ1) is 13.1. The summed E-state index contributed by atoms with van der Waals surface area (Å²) in [5.41, 5.74) is 2.25. The number of benzene rings is 1. The Morgan fingerprint density at radius 1 is 1.19 bits per heavy atom. The standard InChI is InChI=1S/C21H30N4OS/c1-18-6-3-7-19(16-18)22-21(27)25(17-20-8-4-15-26-20)10-5-9-24-13-11-23(2)12-14-24/h3-4,6-8,15-16H,5,9-14,17H2,1-2H3,(H,22,27). The Balaban J connectivity index is 1.55. The fourth-order valence-electron chi connectivity index (χ4n) is 3.33. The van der Waals surface area contributed by atoms with Gasteiger partial charge in [0.15, 0.2) is 5.11 Å². The Labute approximate surface area is 167 Å². The molecule has 27 heavy (non-hydrogen) atoms. The molecule has 1 saturated heterocycles. The van der Waals surface area contributed by atoms with Crippen LogP contribution in [0.3, 0.4) is 0 Å². The number of furan rings is 1. The molecule has 0 saturated carbocycles. The fraction of sp³-hybridized carbons (Fsp3) is 0.476. The number of piperazine rings is 1. The summed E-state index contributed by atoms with van der Waals surface area (Å²) >= 11 is 5.71. The molecule has 1 aliphatic heterocycles. The molecule has 3 rings (SSSR count). The summed E-state index contributed by atoms with van der Waals surface area (Å²) in [5, 5.41) is 4.13. The molecule has 1 aromatic heterocycles. The summed E-state index contributed by atoms with van der Waals surface area (Å²) < 4.78 is 5.55. The van der Waals surface area contributed by atoms with E-state index in [2.05, 4.69) is 52.2 Å². The lowest BCUT2D eigenvalue weighted by Crippen LogP contribution is -2.45. The number of thiocarbonyl (C=S) groups is 1. The van der Waals surface area contributed by atoms with E-state index in [0.717, 1.165) is 62.2 Å². The van der Waals surface area contributed by atoms with Gasteiger partial charge >= 0.3 is 0 Å². The molecule has 0 atom stereocenters. The van der Waals surface area contributed by atoms with E-state index in [-0.39, 0.29) is 0 Å². The number of hydrogen-bond acceptors (Lipinski definition) is 4. The minimum absolute atomic E-state index is 0.688. The zero-order valence-electron chi connectivity index (χ0n) is 16.4. The van der Waals surface area contributed by atoms with E-state index in [0.29, 0.717) is 6.54 Å². The summed E-state index contributed by atoms with van der Waals surface area (Å²) in [4.78, 5) is 7.13. The van der Waals surface area contributed by atoms with Crippen LogP contribution in [0, 0.1) is 6.92 Å². The van der Waals surface area contributed by atoms with Crippen LogP contribution in [-0.2, 0) is 6.54 Å². The van der Waals surface area contributed by atoms with E-state index in [1.807, 2.05) is 18.2 Å². The van der Waals surface area contributed by atoms with Gasteiger partial charge in [-0.3, -0.25) is 0 Å². The summed E-state index contributed by atoms with van der Waals surface area (Å²) in [6.07, 6.45) is 2.80. The molecule has 6 heteroatoms. The SMILES string of the molecule is Cc1cccc(NC(=S)N(CCCN2CCN(C)CC2)Cc2ccco2)c1. The van der Waals surface area contributed by atoms with Crippen LogP contribution >= 0.6 is 12.2 Å². The number of nitrogens with one attached hydrogen (secondary N) is 1. The van der Waals surface area contributed by atoms with E-state index >= 15 is 0 Å². The molecule has 0 aliphatic carbocycles. The molecule has 1 N–H and O–H groups in total. The van der Waals surface area contributed by atoms with Crippen molar-refractivity contribution < 1.29 is 4.42 Å². The zero-order chi connectivity index (χ0) is 19.1. The van der Waals surface area contributed by atoms with E-state index in [1.165, 1.54) is 5.56 Å². The van der Waals surface area contributed by atoms with Gasteiger partial charge in [0.1, 0.15) is 5.76 Å². The number of likely N-dealkylation sites (N-methyl/N-ethyl adjacent to an activating group) is 1. The lowest BCUT2D eigenvalue weighted by Gasteiger charge is -2.33. The van der Waals surface area contributed by atoms with E-state index < -0.39 is 0 Å². The molecule has 2 heterocycles. The maximum absolute atomic E-state index is 5.71. The molecular weight excluding hydrogens is 356 g/mol. The lowest BCUT2D eigenvalue weighted by atomic mass is 10.2. The highest BCUT2D eigenvalue weighted by molar-refractivity contribution is 7.80. The van der Waals surface area contributed by atoms with Crippen molar-refractivity contribution >= 4 is 23.0 Å². The van der Waals surface area contributed by atoms with Crippen molar-refractivity contribution in [1.82, 2.24) is 14.7 Å². The molecule has 0 bridgehead atoms. The third-order valence-corrected chi connectivity index (χ3v) is 5.34. The number of rotatable bonds is 7. The number of nitrogens with zero attached hydrogens (tertiary/aromatic N) is 3. The molecule has 2 aromatic rings. The first-order valence-corrected chi connectivity index (χ1v) is 10.1. The molecule has 146 valence electrons. The van der Waals surface area contributed by atoms with Crippen molar-refractivity contribution in [1.29, 1.82) is 0 Å². The number of aryl methyl sites for hydroxylation is 1. The second-order valence-corrected chi connectivity index (χ2v) is 7.69. The third kappa shape index (κ3) is 6.34. The van der Waals surface area contributed by atoms with Crippen LogP contribution in [0.25, 0.3) is 0 Å². The molecule has 0 unspecified atom stereocenters. The molecule has 0 radical (unpaired) electrons. The van der Waals surface area contributed by atoms with Crippen LogP contribution in [0.1, 0.15) is 17.7 Å². The van der Waals surface area contributed by atoms with Gasteiger partial charge in [-0.1, -0.05) is 12.1 Å². The zero-order valence-corrected chi connectivity index (χ0v) is 17.2. The molecule has 5 nitrogen and oxygen atoms in total. The van der Waals surface area contributed by atoms with Gasteiger partial charge in [0, 0.05) is 38.4 Å². The Hall–Kier alpha value is -1.89. The number of anilines is 1. The van der Waals surface area contributed by atoms with E-state index in [9.17, 15) is 0 Å². The molecule has 0 spiro atoms. The van der Waals surface area contributed by atoms with Crippen molar-refractivity contribution in [2.24, 2.45) is 0 Å². The van der Waals surface area contributed by atoms with E-state index in [1.54, 1.807) is 6.26 Å². The summed E-state index contributed by atoms with van der Waals surface area (Å²) in [6.45, 7) is 9.41. The predicted octanol–water partition coefficient (Wildman–Crippen LogP) is 3.42. The van der Waals surface area contributed by atoms with Crippen LogP contribution in [0.2, 0.25) is 0 Å². The second kappa shape index (κ2) is 9.88. The summed E-state index contributed by atoms with van der Waals surface area (Å²) in [5.74, 6) is 0.933. The van der Waals surface area contributed by atoms with Crippen molar-refractivity contribution in [2.75, 3.05) is 51.6 Å². The van der Waals surface area contributed by atoms with Crippen molar-refractivity contribution in [3.63, 3.8) is 0 Å². The lowest BCUT2D eigenvalue weighted by molar-refractivity contribution is 0.149. The smallest absolute Gasteiger partial charge is 0.173 e. The maximum Gasteiger partial charge on any atom is 0.173 e. The second-order valence-electron chi connectivity index (χ2n) is 7.30. The molecule has 1 aromatic carbocycles. The van der Waals surface area contributed by atoms with Gasteiger partial charge < -0.3 is 24.4 Å². The highest BCUT2D eigenvalue weighted by atomic mass is 32.1. The highest BCUT2D eigenvalue weighted by Gasteiger charge is 2.16. The summed E-state index contributed by atoms with van der Waals surface area (Å²) in [7, 11) is 2.19. The summed E-state index contributed by atoms with van der Waals surface area (Å²) in [6, 6.07) is 12.2. The Kier molecular flexibility index (Phi) is 7.26. The number of hydrogen-bond donors (Lipinski definition) is 1. The van der Waals surface area contributed by atoms with Crippen LogP contribution < -0.4 is 5.32 Å². The first-order valence-electron chi connectivity index (χ1n) is 9.66. The van der Waals surface area contributed by atoms with Gasteiger partial charge in [-0.15, -0.1) is 0 Å². The van der Waals surface area contributed by atoms with Gasteiger partial charge in [0.25, 0.3) is 0 Å². The van der Waals surface area contributed by atoms with Crippen LogP contribution in [-0.4, -0.2) is 66.1 Å². The monoisotopic (exact) mass is 386 g/mol. The quantitative estimate of drug-likeness (QED) is 0.735.